The van der Waals surface area contributed by atoms with E-state index in [0.29, 0.717) is 17.9 Å². The number of ether oxygens (including phenoxy) is 1. The van der Waals surface area contributed by atoms with Crippen LogP contribution in [-0.4, -0.2) is 25.0 Å². The van der Waals surface area contributed by atoms with Gasteiger partial charge in [-0.25, -0.2) is 0 Å². The molecular formula is C20H20N2O3. The quantitative estimate of drug-likeness (QED) is 0.933. The molecule has 1 aliphatic heterocycles. The largest absolute Gasteiger partial charge is 0.496 e. The molecule has 1 heterocycles. The molecule has 0 bridgehead atoms. The Kier molecular flexibility index (Phi) is 3.71. The molecule has 1 saturated carbocycles. The van der Waals surface area contributed by atoms with Crippen LogP contribution in [0.4, 0.5) is 5.69 Å². The second kappa shape index (κ2) is 5.92. The molecule has 0 spiro atoms. The molecule has 128 valence electrons. The van der Waals surface area contributed by atoms with Gasteiger partial charge in [-0.05, 0) is 54.2 Å². The van der Waals surface area contributed by atoms with Crippen molar-refractivity contribution < 1.29 is 14.3 Å². The lowest BCUT2D eigenvalue weighted by Gasteiger charge is -2.24. The van der Waals surface area contributed by atoms with Gasteiger partial charge in [-0.2, -0.15) is 0 Å². The average molecular weight is 336 g/mol. The van der Waals surface area contributed by atoms with Crippen LogP contribution in [0, 0.1) is 0 Å². The minimum absolute atomic E-state index is 0.196. The Hall–Kier alpha value is -2.82. The molecular weight excluding hydrogens is 316 g/mol. The van der Waals surface area contributed by atoms with Crippen molar-refractivity contribution in [1.82, 2.24) is 0 Å². The first-order valence-corrected chi connectivity index (χ1v) is 8.49. The zero-order valence-electron chi connectivity index (χ0n) is 14.1. The van der Waals surface area contributed by atoms with Gasteiger partial charge in [0, 0.05) is 17.7 Å². The number of amides is 2. The first kappa shape index (κ1) is 15.7. The van der Waals surface area contributed by atoms with E-state index in [1.165, 1.54) is 4.90 Å². The third kappa shape index (κ3) is 2.65. The molecule has 0 saturated heterocycles. The van der Waals surface area contributed by atoms with Crippen LogP contribution < -0.4 is 15.4 Å². The number of fused-ring (bicyclic) bond motifs is 1. The highest BCUT2D eigenvalue weighted by Gasteiger charge is 2.38. The van der Waals surface area contributed by atoms with E-state index in [1.54, 1.807) is 13.2 Å². The van der Waals surface area contributed by atoms with E-state index in [0.717, 1.165) is 35.4 Å². The van der Waals surface area contributed by atoms with Crippen molar-refractivity contribution in [2.45, 2.75) is 31.2 Å². The number of carbonyl (C=O) groups is 2. The molecule has 2 aromatic rings. The lowest BCUT2D eigenvalue weighted by molar-refractivity contribution is -0.119. The second-order valence-electron chi connectivity index (χ2n) is 6.66. The van der Waals surface area contributed by atoms with Crippen LogP contribution in [0.1, 0.15) is 40.2 Å². The molecule has 1 fully saturated rings. The second-order valence-corrected chi connectivity index (χ2v) is 6.66. The van der Waals surface area contributed by atoms with Gasteiger partial charge in [0.2, 0.25) is 5.91 Å². The molecule has 0 radical (unpaired) electrons. The predicted molar refractivity (Wildman–Crippen MR) is 94.9 cm³/mol. The average Bonchev–Trinajstić information content (AvgIpc) is 3.40. The van der Waals surface area contributed by atoms with Crippen molar-refractivity contribution in [1.29, 1.82) is 0 Å². The number of anilines is 1. The molecule has 5 nitrogen and oxygen atoms in total. The van der Waals surface area contributed by atoms with Crippen LogP contribution >= 0.6 is 0 Å². The van der Waals surface area contributed by atoms with E-state index in [9.17, 15) is 9.59 Å². The Balaban J connectivity index is 1.74. The summed E-state index contributed by atoms with van der Waals surface area (Å²) in [4.78, 5) is 26.6. The van der Waals surface area contributed by atoms with Crippen LogP contribution in [-0.2, 0) is 11.2 Å². The van der Waals surface area contributed by atoms with Crippen molar-refractivity contribution in [3.63, 3.8) is 0 Å². The Bertz CT molecular complexity index is 858. The van der Waals surface area contributed by atoms with Gasteiger partial charge >= 0.3 is 0 Å². The van der Waals surface area contributed by atoms with E-state index >= 15 is 0 Å². The molecule has 1 atom stereocenters. The first-order valence-electron chi connectivity index (χ1n) is 8.49. The fourth-order valence-electron chi connectivity index (χ4n) is 3.58. The van der Waals surface area contributed by atoms with Gasteiger partial charge in [0.05, 0.1) is 7.11 Å². The Morgan fingerprint density at radius 3 is 2.60 bits per heavy atom. The van der Waals surface area contributed by atoms with Gasteiger partial charge in [-0.3, -0.25) is 14.5 Å². The predicted octanol–water partition coefficient (Wildman–Crippen LogP) is 2.63. The highest BCUT2D eigenvalue weighted by Crippen LogP contribution is 2.45. The zero-order chi connectivity index (χ0) is 17.6. The van der Waals surface area contributed by atoms with Crippen molar-refractivity contribution in [3.05, 3.63) is 59.2 Å². The third-order valence-electron chi connectivity index (χ3n) is 5.02. The van der Waals surface area contributed by atoms with Gasteiger partial charge in [0.1, 0.15) is 11.8 Å². The normalized spacial score (nSPS) is 18.8. The molecule has 5 heteroatoms. The number of hydrogen-bond acceptors (Lipinski definition) is 3. The number of benzene rings is 2. The minimum Gasteiger partial charge on any atom is -0.496 e. The lowest BCUT2D eigenvalue weighted by Crippen LogP contribution is -2.46. The van der Waals surface area contributed by atoms with Gasteiger partial charge < -0.3 is 10.5 Å². The maximum absolute atomic E-state index is 13.2. The molecule has 25 heavy (non-hydrogen) atoms. The number of nitrogens with two attached hydrogens (primary N) is 1. The molecule has 2 aliphatic rings. The monoisotopic (exact) mass is 336 g/mol. The first-order chi connectivity index (χ1) is 12.1. The number of hydrogen-bond donors (Lipinski definition) is 1. The molecule has 0 unspecified atom stereocenters. The summed E-state index contributed by atoms with van der Waals surface area (Å²) in [6, 6.07) is 12.4. The Labute approximate surface area is 146 Å². The number of methoxy groups -OCH3 is 1. The van der Waals surface area contributed by atoms with Gasteiger partial charge in [0.15, 0.2) is 0 Å². The summed E-state index contributed by atoms with van der Waals surface area (Å²) in [6.07, 6.45) is 2.69. The maximum atomic E-state index is 13.2. The van der Waals surface area contributed by atoms with Crippen molar-refractivity contribution in [3.8, 4) is 5.75 Å². The van der Waals surface area contributed by atoms with Crippen LogP contribution in [0.15, 0.2) is 42.5 Å². The van der Waals surface area contributed by atoms with Crippen LogP contribution in [0.25, 0.3) is 0 Å². The summed E-state index contributed by atoms with van der Waals surface area (Å²) in [5, 5.41) is 0. The highest BCUT2D eigenvalue weighted by molar-refractivity contribution is 6.11. The summed E-state index contributed by atoms with van der Waals surface area (Å²) in [5.41, 5.74) is 8.92. The fourth-order valence-corrected chi connectivity index (χ4v) is 3.58. The Morgan fingerprint density at radius 1 is 1.16 bits per heavy atom. The van der Waals surface area contributed by atoms with E-state index in [-0.39, 0.29) is 5.91 Å². The van der Waals surface area contributed by atoms with Gasteiger partial charge in [-0.1, -0.05) is 18.2 Å². The molecule has 2 N–H and O–H groups in total. The lowest BCUT2D eigenvalue weighted by atomic mass is 10.0. The number of rotatable bonds is 4. The van der Waals surface area contributed by atoms with E-state index in [2.05, 4.69) is 0 Å². The van der Waals surface area contributed by atoms with Crippen LogP contribution in [0.5, 0.6) is 5.75 Å². The number of nitrogens with zero attached hydrogens (tertiary/aromatic N) is 1. The summed E-state index contributed by atoms with van der Waals surface area (Å²) in [6.45, 7) is 0. The molecule has 2 aromatic carbocycles. The molecule has 2 amide bonds. The number of carbonyl (C=O) groups excluding carboxylic acids is 2. The standard InChI is InChI=1S/C20H20N2O3/c1-25-18-9-8-14(10-15(18)12-6-7-12)20(24)22-16-5-3-2-4-13(16)11-17(22)19(21)23/h2-5,8-10,12,17H,6-7,11H2,1H3,(H2,21,23)/t17-/m0/s1. The summed E-state index contributed by atoms with van der Waals surface area (Å²) < 4.78 is 5.42. The minimum atomic E-state index is -0.642. The molecule has 4 rings (SSSR count). The van der Waals surface area contributed by atoms with Crippen LogP contribution in [0.3, 0.4) is 0 Å². The summed E-state index contributed by atoms with van der Waals surface area (Å²) in [7, 11) is 1.64. The van der Waals surface area contributed by atoms with E-state index in [4.69, 9.17) is 10.5 Å². The van der Waals surface area contributed by atoms with E-state index < -0.39 is 11.9 Å². The summed E-state index contributed by atoms with van der Waals surface area (Å²) >= 11 is 0. The zero-order valence-corrected chi connectivity index (χ0v) is 14.1. The van der Waals surface area contributed by atoms with Crippen molar-refractivity contribution in [2.75, 3.05) is 12.0 Å². The number of para-hydroxylation sites is 1. The fraction of sp³-hybridized carbons (Fsp3) is 0.300. The molecule has 1 aliphatic carbocycles. The Morgan fingerprint density at radius 2 is 1.92 bits per heavy atom. The highest BCUT2D eigenvalue weighted by atomic mass is 16.5. The third-order valence-corrected chi connectivity index (χ3v) is 5.02. The maximum Gasteiger partial charge on any atom is 0.259 e. The van der Waals surface area contributed by atoms with Crippen molar-refractivity contribution in [2.24, 2.45) is 5.73 Å². The van der Waals surface area contributed by atoms with E-state index in [1.807, 2.05) is 36.4 Å². The molecule has 0 aromatic heterocycles. The topological polar surface area (TPSA) is 72.6 Å². The summed E-state index contributed by atoms with van der Waals surface area (Å²) in [5.74, 6) is 0.589. The smallest absolute Gasteiger partial charge is 0.259 e. The van der Waals surface area contributed by atoms with Gasteiger partial charge in [-0.15, -0.1) is 0 Å². The van der Waals surface area contributed by atoms with Crippen molar-refractivity contribution >= 4 is 17.5 Å². The number of primary amides is 1. The SMILES string of the molecule is COc1ccc(C(=O)N2c3ccccc3C[C@H]2C(N)=O)cc1C1CC1. The van der Waals surface area contributed by atoms with Gasteiger partial charge in [0.25, 0.3) is 5.91 Å². The van der Waals surface area contributed by atoms with Crippen LogP contribution in [0.2, 0.25) is 0 Å².